The Morgan fingerprint density at radius 3 is 2.02 bits per heavy atom. The lowest BCUT2D eigenvalue weighted by Gasteiger charge is -2.36. The third-order valence-electron chi connectivity index (χ3n) is 8.19. The number of rotatable bonds is 7. The lowest BCUT2D eigenvalue weighted by Crippen LogP contribution is -2.31. The first-order valence-corrected chi connectivity index (χ1v) is 13.6. The Balaban J connectivity index is 1.36. The van der Waals surface area contributed by atoms with Gasteiger partial charge in [0, 0.05) is 17.7 Å². The van der Waals surface area contributed by atoms with Crippen LogP contribution in [0.3, 0.4) is 0 Å². The van der Waals surface area contributed by atoms with Gasteiger partial charge >= 0.3 is 6.11 Å². The fourth-order valence-corrected chi connectivity index (χ4v) is 6.10. The van der Waals surface area contributed by atoms with E-state index in [9.17, 15) is 30.7 Å². The molecule has 1 heterocycles. The van der Waals surface area contributed by atoms with Gasteiger partial charge in [0.15, 0.2) is 17.5 Å². The molecule has 1 saturated carbocycles. The van der Waals surface area contributed by atoms with E-state index < -0.39 is 52.3 Å². The van der Waals surface area contributed by atoms with Gasteiger partial charge in [-0.3, -0.25) is 0 Å². The maximum absolute atomic E-state index is 15.2. The highest BCUT2D eigenvalue weighted by Crippen LogP contribution is 2.43. The molecule has 0 amide bonds. The van der Waals surface area contributed by atoms with Crippen molar-refractivity contribution in [2.24, 2.45) is 17.8 Å². The average molecular weight is 585 g/mol. The van der Waals surface area contributed by atoms with E-state index in [4.69, 9.17) is 4.74 Å². The molecule has 10 heteroatoms. The Morgan fingerprint density at radius 1 is 0.780 bits per heavy atom. The Kier molecular flexibility index (Phi) is 8.21. The first-order valence-electron chi connectivity index (χ1n) is 13.6. The zero-order chi connectivity index (χ0) is 29.5. The molecule has 0 bridgehead atoms. The van der Waals surface area contributed by atoms with Crippen LogP contribution in [0.4, 0.5) is 35.1 Å². The molecule has 1 aliphatic carbocycles. The van der Waals surface area contributed by atoms with Gasteiger partial charge in [0.1, 0.15) is 34.5 Å². The van der Waals surface area contributed by atoms with E-state index in [0.717, 1.165) is 18.8 Å². The van der Waals surface area contributed by atoms with Crippen LogP contribution < -0.4 is 9.47 Å². The molecule has 1 fully saturated rings. The minimum absolute atomic E-state index is 0.112. The average Bonchev–Trinajstić information content (AvgIpc) is 2.90. The molecule has 5 rings (SSSR count). The summed E-state index contributed by atoms with van der Waals surface area (Å²) in [5.74, 6) is -9.34. The molecule has 0 spiro atoms. The monoisotopic (exact) mass is 584 g/mol. The topological polar surface area (TPSA) is 18.5 Å². The van der Waals surface area contributed by atoms with Gasteiger partial charge < -0.3 is 9.47 Å². The van der Waals surface area contributed by atoms with Crippen LogP contribution in [0.2, 0.25) is 0 Å². The molecular formula is C31H28F8O2. The van der Waals surface area contributed by atoms with Gasteiger partial charge in [-0.15, -0.1) is 0 Å². The van der Waals surface area contributed by atoms with Crippen LogP contribution >= 0.6 is 0 Å². The van der Waals surface area contributed by atoms with Crippen LogP contribution in [0.1, 0.15) is 56.6 Å². The molecule has 3 aromatic carbocycles. The summed E-state index contributed by atoms with van der Waals surface area (Å²) in [6, 6.07) is 3.78. The van der Waals surface area contributed by atoms with Gasteiger partial charge in [0.25, 0.3) is 0 Å². The van der Waals surface area contributed by atoms with E-state index in [-0.39, 0.29) is 29.2 Å². The second-order valence-electron chi connectivity index (χ2n) is 10.9. The normalized spacial score (nSPS) is 20.9. The number of hydrogen-bond acceptors (Lipinski definition) is 2. The summed E-state index contributed by atoms with van der Waals surface area (Å²) in [6.45, 7) is 2.61. The van der Waals surface area contributed by atoms with Crippen molar-refractivity contribution < 1.29 is 44.6 Å². The van der Waals surface area contributed by atoms with Crippen LogP contribution in [-0.2, 0) is 12.5 Å². The molecule has 3 aromatic rings. The number of alkyl halides is 2. The molecule has 2 aliphatic rings. The van der Waals surface area contributed by atoms with Crippen LogP contribution in [-0.4, -0.2) is 6.61 Å². The number of ether oxygens (including phenoxy) is 2. The van der Waals surface area contributed by atoms with Crippen molar-refractivity contribution in [2.45, 2.75) is 58.0 Å². The summed E-state index contributed by atoms with van der Waals surface area (Å²) in [6.07, 6.45) is 2.79. The summed E-state index contributed by atoms with van der Waals surface area (Å²) in [5.41, 5.74) is -1.84. The van der Waals surface area contributed by atoms with E-state index in [1.807, 2.05) is 0 Å². The van der Waals surface area contributed by atoms with Crippen molar-refractivity contribution in [3.63, 3.8) is 0 Å². The standard InChI is InChI=1S/C31H28F8O2/c1-2-3-16-4-6-17(7-5-16)20-8-19-11-23(32)22(14-28(19)40-15-20)18-9-24(33)29(25(34)10-18)31(38,39)41-21-12-26(35)30(37)27(36)13-21/h9-14,16-17,20H,2-8,15H2,1H3/t16?,17?,20-/m0/s1. The Bertz CT molecular complexity index is 1390. The number of benzene rings is 3. The van der Waals surface area contributed by atoms with Gasteiger partial charge in [-0.05, 0) is 72.4 Å². The summed E-state index contributed by atoms with van der Waals surface area (Å²) in [7, 11) is 0. The maximum Gasteiger partial charge on any atom is 0.432 e. The lowest BCUT2D eigenvalue weighted by molar-refractivity contribution is -0.189. The van der Waals surface area contributed by atoms with Crippen molar-refractivity contribution in [1.82, 2.24) is 0 Å². The zero-order valence-corrected chi connectivity index (χ0v) is 22.2. The number of halogens is 8. The first-order chi connectivity index (χ1) is 19.5. The minimum Gasteiger partial charge on any atom is -0.493 e. The number of fused-ring (bicyclic) bond motifs is 1. The van der Waals surface area contributed by atoms with Crippen molar-refractivity contribution >= 4 is 0 Å². The number of hydrogen-bond donors (Lipinski definition) is 0. The molecule has 0 radical (unpaired) electrons. The highest BCUT2D eigenvalue weighted by molar-refractivity contribution is 5.68. The zero-order valence-electron chi connectivity index (χ0n) is 22.2. The van der Waals surface area contributed by atoms with E-state index >= 15 is 4.39 Å². The molecular weight excluding hydrogens is 556 g/mol. The van der Waals surface area contributed by atoms with E-state index in [1.165, 1.54) is 37.8 Å². The molecule has 0 saturated heterocycles. The summed E-state index contributed by atoms with van der Waals surface area (Å²) < 4.78 is 124. The van der Waals surface area contributed by atoms with Crippen LogP contribution in [0.15, 0.2) is 36.4 Å². The van der Waals surface area contributed by atoms with E-state index in [2.05, 4.69) is 11.7 Å². The maximum atomic E-state index is 15.2. The Morgan fingerprint density at radius 2 is 1.41 bits per heavy atom. The van der Waals surface area contributed by atoms with Gasteiger partial charge in [0.2, 0.25) is 0 Å². The van der Waals surface area contributed by atoms with Gasteiger partial charge in [-0.1, -0.05) is 32.6 Å². The Hall–Kier alpha value is -3.30. The third kappa shape index (κ3) is 6.02. The van der Waals surface area contributed by atoms with Crippen molar-refractivity contribution in [3.05, 3.63) is 82.4 Å². The second kappa shape index (κ2) is 11.5. The van der Waals surface area contributed by atoms with Crippen molar-refractivity contribution in [2.75, 3.05) is 6.61 Å². The van der Waals surface area contributed by atoms with Crippen LogP contribution in [0.25, 0.3) is 11.1 Å². The third-order valence-corrected chi connectivity index (χ3v) is 8.19. The lowest BCUT2D eigenvalue weighted by atomic mass is 9.72. The SMILES string of the molecule is CCCC1CCC([C@@H]2COc3cc(-c4cc(F)c(C(F)(F)Oc5cc(F)c(F)c(F)c5)c(F)c4)c(F)cc3C2)CC1. The fourth-order valence-electron chi connectivity index (χ4n) is 6.10. The summed E-state index contributed by atoms with van der Waals surface area (Å²) >= 11 is 0. The largest absolute Gasteiger partial charge is 0.493 e. The van der Waals surface area contributed by atoms with Gasteiger partial charge in [-0.2, -0.15) is 8.78 Å². The Labute approximate surface area is 232 Å². The van der Waals surface area contributed by atoms with Crippen LogP contribution in [0.5, 0.6) is 11.5 Å². The predicted molar refractivity (Wildman–Crippen MR) is 136 cm³/mol. The van der Waals surface area contributed by atoms with E-state index in [1.54, 1.807) is 0 Å². The molecule has 0 N–H and O–H groups in total. The van der Waals surface area contributed by atoms with Gasteiger partial charge in [0.05, 0.1) is 6.61 Å². The molecule has 220 valence electrons. The van der Waals surface area contributed by atoms with E-state index in [0.29, 0.717) is 42.4 Å². The predicted octanol–water partition coefficient (Wildman–Crippen LogP) is 9.47. The molecule has 1 aliphatic heterocycles. The smallest absolute Gasteiger partial charge is 0.432 e. The molecule has 2 nitrogen and oxygen atoms in total. The second-order valence-corrected chi connectivity index (χ2v) is 10.9. The highest BCUT2D eigenvalue weighted by atomic mass is 19.3. The summed E-state index contributed by atoms with van der Waals surface area (Å²) in [4.78, 5) is 0. The highest BCUT2D eigenvalue weighted by Gasteiger charge is 2.42. The molecule has 1 atom stereocenters. The van der Waals surface area contributed by atoms with Crippen molar-refractivity contribution in [3.8, 4) is 22.6 Å². The molecule has 0 aromatic heterocycles. The van der Waals surface area contributed by atoms with Crippen molar-refractivity contribution in [1.29, 1.82) is 0 Å². The quantitative estimate of drug-likeness (QED) is 0.203. The minimum atomic E-state index is -4.74. The molecule has 0 unspecified atom stereocenters. The van der Waals surface area contributed by atoms with Crippen LogP contribution in [0, 0.1) is 52.7 Å². The van der Waals surface area contributed by atoms with Gasteiger partial charge in [-0.25, -0.2) is 26.3 Å². The molecule has 41 heavy (non-hydrogen) atoms. The fraction of sp³-hybridized carbons (Fsp3) is 0.419. The first kappa shape index (κ1) is 29.2. The summed E-state index contributed by atoms with van der Waals surface area (Å²) in [5, 5.41) is 0.